The van der Waals surface area contributed by atoms with E-state index in [9.17, 15) is 4.79 Å². The Morgan fingerprint density at radius 2 is 1.90 bits per heavy atom. The lowest BCUT2D eigenvalue weighted by Gasteiger charge is -2.45. The molecule has 2 N–H and O–H groups in total. The van der Waals surface area contributed by atoms with Gasteiger partial charge in [0.25, 0.3) is 0 Å². The third-order valence-electron chi connectivity index (χ3n) is 5.07. The maximum Gasteiger partial charge on any atom is 0.240 e. The topological polar surface area (TPSA) is 55.6 Å². The molecule has 4 nitrogen and oxygen atoms in total. The number of nitrogens with two attached hydrogens (primary N) is 1. The predicted molar refractivity (Wildman–Crippen MR) is 89.0 cm³/mol. The molecule has 0 aromatic heterocycles. The van der Waals surface area contributed by atoms with Crippen molar-refractivity contribution in [1.29, 1.82) is 0 Å². The summed E-state index contributed by atoms with van der Waals surface area (Å²) < 4.78 is 5.38. The van der Waals surface area contributed by atoms with E-state index in [4.69, 9.17) is 10.5 Å². The summed E-state index contributed by atoms with van der Waals surface area (Å²) in [6, 6.07) is 0.130. The zero-order chi connectivity index (χ0) is 13.9. The summed E-state index contributed by atoms with van der Waals surface area (Å²) in [5.41, 5.74) is 6.29. The van der Waals surface area contributed by atoms with Crippen LogP contribution in [0.25, 0.3) is 0 Å². The Morgan fingerprint density at radius 3 is 2.67 bits per heavy atom. The van der Waals surface area contributed by atoms with Crippen LogP contribution in [-0.2, 0) is 9.53 Å². The van der Waals surface area contributed by atoms with Crippen LogP contribution < -0.4 is 5.73 Å². The number of hydrogen-bond acceptors (Lipinski definition) is 4. The molecule has 1 saturated carbocycles. The van der Waals surface area contributed by atoms with Gasteiger partial charge in [-0.15, -0.1) is 12.4 Å². The van der Waals surface area contributed by atoms with Crippen molar-refractivity contribution in [2.24, 2.45) is 11.7 Å². The van der Waals surface area contributed by atoms with Gasteiger partial charge in [0.2, 0.25) is 5.91 Å². The standard InChI is InChI=1S/C15H26N2O2S.ClH/c16-14(11-5-8-19-9-6-11)15(18)17-7-10-20-13-4-2-1-3-12(13)17;/h11-14H,1-10,16H2;1H. The summed E-state index contributed by atoms with van der Waals surface area (Å²) >= 11 is 2.06. The molecule has 0 radical (unpaired) electrons. The van der Waals surface area contributed by atoms with Gasteiger partial charge in [-0.3, -0.25) is 4.79 Å². The lowest BCUT2D eigenvalue weighted by Crippen LogP contribution is -2.57. The molecule has 3 aliphatic rings. The minimum Gasteiger partial charge on any atom is -0.381 e. The van der Waals surface area contributed by atoms with E-state index in [-0.39, 0.29) is 24.4 Å². The van der Waals surface area contributed by atoms with Crippen molar-refractivity contribution < 1.29 is 9.53 Å². The maximum atomic E-state index is 12.8. The van der Waals surface area contributed by atoms with Gasteiger partial charge in [0.05, 0.1) is 6.04 Å². The van der Waals surface area contributed by atoms with Crippen LogP contribution in [0.1, 0.15) is 38.5 Å². The minimum absolute atomic E-state index is 0. The van der Waals surface area contributed by atoms with Crippen LogP contribution in [0.4, 0.5) is 0 Å². The van der Waals surface area contributed by atoms with Gasteiger partial charge in [-0.1, -0.05) is 12.8 Å². The first-order valence-corrected chi connectivity index (χ1v) is 9.07. The lowest BCUT2D eigenvalue weighted by molar-refractivity contribution is -0.137. The quantitative estimate of drug-likeness (QED) is 0.839. The number of halogens is 1. The van der Waals surface area contributed by atoms with Crippen LogP contribution in [0.5, 0.6) is 0 Å². The van der Waals surface area contributed by atoms with Crippen LogP contribution in [-0.4, -0.2) is 53.7 Å². The fourth-order valence-corrected chi connectivity index (χ4v) is 5.28. The highest BCUT2D eigenvalue weighted by Crippen LogP contribution is 2.36. The summed E-state index contributed by atoms with van der Waals surface area (Å²) in [4.78, 5) is 14.9. The van der Waals surface area contributed by atoms with Gasteiger partial charge in [-0.2, -0.15) is 11.8 Å². The number of rotatable bonds is 2. The summed E-state index contributed by atoms with van der Waals surface area (Å²) in [5.74, 6) is 1.59. The molecule has 6 heteroatoms. The van der Waals surface area contributed by atoms with E-state index < -0.39 is 0 Å². The number of thioether (sulfide) groups is 1. The minimum atomic E-state index is -0.315. The van der Waals surface area contributed by atoms with Crippen molar-refractivity contribution in [3.05, 3.63) is 0 Å². The van der Waals surface area contributed by atoms with Crippen LogP contribution >= 0.6 is 24.2 Å². The monoisotopic (exact) mass is 334 g/mol. The first-order chi connectivity index (χ1) is 9.77. The molecule has 0 aromatic rings. The molecule has 2 aliphatic heterocycles. The summed E-state index contributed by atoms with van der Waals surface area (Å²) in [6.07, 6.45) is 6.89. The van der Waals surface area contributed by atoms with Crippen molar-refractivity contribution in [3.63, 3.8) is 0 Å². The Morgan fingerprint density at radius 1 is 1.19 bits per heavy atom. The van der Waals surface area contributed by atoms with Crippen molar-refractivity contribution in [3.8, 4) is 0 Å². The Bertz CT molecular complexity index is 351. The maximum absolute atomic E-state index is 12.8. The molecule has 1 aliphatic carbocycles. The summed E-state index contributed by atoms with van der Waals surface area (Å²) in [5, 5.41) is 0.656. The number of ether oxygens (including phenoxy) is 1. The summed E-state index contributed by atoms with van der Waals surface area (Å²) in [6.45, 7) is 2.41. The van der Waals surface area contributed by atoms with Gasteiger partial charge >= 0.3 is 0 Å². The van der Waals surface area contributed by atoms with E-state index in [0.29, 0.717) is 17.2 Å². The molecule has 2 saturated heterocycles. The van der Waals surface area contributed by atoms with Gasteiger partial charge in [-0.25, -0.2) is 0 Å². The molecule has 1 amide bonds. The Labute approximate surface area is 137 Å². The van der Waals surface area contributed by atoms with Crippen molar-refractivity contribution in [1.82, 2.24) is 4.90 Å². The second-order valence-corrected chi connectivity index (χ2v) is 7.62. The van der Waals surface area contributed by atoms with Gasteiger partial charge in [0.15, 0.2) is 0 Å². The first-order valence-electron chi connectivity index (χ1n) is 8.03. The Balaban J connectivity index is 0.00000161. The van der Waals surface area contributed by atoms with E-state index in [2.05, 4.69) is 16.7 Å². The molecule has 3 atom stereocenters. The van der Waals surface area contributed by atoms with Crippen LogP contribution in [0.2, 0.25) is 0 Å². The average Bonchev–Trinajstić information content (AvgIpc) is 2.54. The third-order valence-corrected chi connectivity index (χ3v) is 6.47. The van der Waals surface area contributed by atoms with Crippen molar-refractivity contribution in [2.75, 3.05) is 25.5 Å². The molecule has 0 bridgehead atoms. The lowest BCUT2D eigenvalue weighted by atomic mass is 9.89. The number of carbonyl (C=O) groups is 1. The molecule has 3 fully saturated rings. The van der Waals surface area contributed by atoms with E-state index in [1.54, 1.807) is 0 Å². The van der Waals surface area contributed by atoms with E-state index in [0.717, 1.165) is 38.4 Å². The molecule has 0 aromatic carbocycles. The number of amides is 1. The third kappa shape index (κ3) is 3.87. The molecule has 3 rings (SSSR count). The van der Waals surface area contributed by atoms with Gasteiger partial charge in [0.1, 0.15) is 0 Å². The van der Waals surface area contributed by atoms with Gasteiger partial charge < -0.3 is 15.4 Å². The van der Waals surface area contributed by atoms with Crippen molar-refractivity contribution >= 4 is 30.1 Å². The molecule has 21 heavy (non-hydrogen) atoms. The Kier molecular flexibility index (Phi) is 6.66. The SMILES string of the molecule is Cl.NC(C(=O)N1CCSC2CCCCC21)C1CCOCC1. The van der Waals surface area contributed by atoms with Crippen LogP contribution in [0.15, 0.2) is 0 Å². The second-order valence-electron chi connectivity index (χ2n) is 6.27. The molecule has 2 heterocycles. The van der Waals surface area contributed by atoms with Crippen LogP contribution in [0.3, 0.4) is 0 Å². The van der Waals surface area contributed by atoms with Gasteiger partial charge in [0, 0.05) is 36.8 Å². The normalized spacial score (nSPS) is 32.0. The smallest absolute Gasteiger partial charge is 0.240 e. The largest absolute Gasteiger partial charge is 0.381 e. The summed E-state index contributed by atoms with van der Waals surface area (Å²) in [7, 11) is 0. The van der Waals surface area contributed by atoms with Crippen LogP contribution in [0, 0.1) is 5.92 Å². The van der Waals surface area contributed by atoms with E-state index >= 15 is 0 Å². The van der Waals surface area contributed by atoms with Gasteiger partial charge in [-0.05, 0) is 31.6 Å². The highest BCUT2D eigenvalue weighted by atomic mass is 35.5. The number of hydrogen-bond donors (Lipinski definition) is 1. The molecular weight excluding hydrogens is 308 g/mol. The fourth-order valence-electron chi connectivity index (χ4n) is 3.84. The molecule has 0 spiro atoms. The zero-order valence-electron chi connectivity index (χ0n) is 12.5. The second kappa shape index (κ2) is 8.04. The average molecular weight is 335 g/mol. The highest BCUT2D eigenvalue weighted by molar-refractivity contribution is 8.00. The molecule has 3 unspecified atom stereocenters. The number of carbonyl (C=O) groups excluding carboxylic acids is 1. The predicted octanol–water partition coefficient (Wildman–Crippen LogP) is 2.05. The molecular formula is C15H27ClN2O2S. The zero-order valence-corrected chi connectivity index (χ0v) is 14.2. The molecule has 122 valence electrons. The number of fused-ring (bicyclic) bond motifs is 1. The highest BCUT2D eigenvalue weighted by Gasteiger charge is 2.39. The number of nitrogens with zero attached hydrogens (tertiary/aromatic N) is 1. The van der Waals surface area contributed by atoms with Crippen molar-refractivity contribution in [2.45, 2.75) is 55.9 Å². The first kappa shape index (κ1) is 17.4. The van der Waals surface area contributed by atoms with E-state index in [1.165, 1.54) is 25.7 Å². The fraction of sp³-hybridized carbons (Fsp3) is 0.933. The Hall–Kier alpha value is 0.0300. The van der Waals surface area contributed by atoms with E-state index in [1.807, 2.05) is 0 Å².